The van der Waals surface area contributed by atoms with Gasteiger partial charge in [0.2, 0.25) is 12.8 Å². The summed E-state index contributed by atoms with van der Waals surface area (Å²) in [6.45, 7) is 7.45. The van der Waals surface area contributed by atoms with E-state index in [2.05, 4.69) is 40.0 Å². The number of halogens is 2. The number of carbonyl (C=O) groups is 1. The zero-order valence-corrected chi connectivity index (χ0v) is 21.5. The number of carbonyl (C=O) groups excluding carboxylic acids is 1. The van der Waals surface area contributed by atoms with Crippen LogP contribution in [0.15, 0.2) is 42.7 Å². The van der Waals surface area contributed by atoms with Crippen LogP contribution in [0.1, 0.15) is 42.5 Å². The van der Waals surface area contributed by atoms with E-state index in [-0.39, 0.29) is 6.42 Å². The van der Waals surface area contributed by atoms with E-state index in [1.165, 1.54) is 10.5 Å². The quantitative estimate of drug-likeness (QED) is 0.359. The highest BCUT2D eigenvalue weighted by atomic mass is 19.3. The van der Waals surface area contributed by atoms with Crippen LogP contribution in [0.4, 0.5) is 8.78 Å². The number of fused-ring (bicyclic) bond motifs is 2. The van der Waals surface area contributed by atoms with E-state index >= 15 is 0 Å². The average Bonchev–Trinajstić information content (AvgIpc) is 3.42. The van der Waals surface area contributed by atoms with Gasteiger partial charge in [0.15, 0.2) is 0 Å². The number of hydrogen-bond donors (Lipinski definition) is 1. The van der Waals surface area contributed by atoms with Gasteiger partial charge in [0, 0.05) is 49.4 Å². The minimum atomic E-state index is -2.39. The van der Waals surface area contributed by atoms with Crippen molar-refractivity contribution < 1.29 is 13.6 Å². The molecule has 0 aliphatic carbocycles. The van der Waals surface area contributed by atoms with E-state index in [1.807, 2.05) is 35.9 Å². The van der Waals surface area contributed by atoms with Crippen LogP contribution < -0.4 is 0 Å². The summed E-state index contributed by atoms with van der Waals surface area (Å²) in [5.74, 6) is 0.496. The topological polar surface area (TPSA) is 56.6 Å². The zero-order chi connectivity index (χ0) is 25.8. The second kappa shape index (κ2) is 11.2. The fraction of sp³-hybridized carbons (Fsp3) is 0.429. The number of imidazole rings is 1. The molecule has 8 heteroatoms. The number of rotatable bonds is 6. The van der Waals surface area contributed by atoms with Crippen molar-refractivity contribution in [2.75, 3.05) is 33.7 Å². The lowest BCUT2D eigenvalue weighted by molar-refractivity contribution is -0.115. The van der Waals surface area contributed by atoms with Crippen molar-refractivity contribution in [3.05, 3.63) is 59.5 Å². The SMILES string of the molecule is CCN1CCC(c2ccc3[nH]c(-c4ccc5nc(C)cn5c4)c(CC(F)F)c3c2)CC1.CN(C)C=O. The molecule has 6 nitrogen and oxygen atoms in total. The number of piperidine rings is 1. The smallest absolute Gasteiger partial charge is 0.242 e. The van der Waals surface area contributed by atoms with E-state index in [9.17, 15) is 13.6 Å². The lowest BCUT2D eigenvalue weighted by Crippen LogP contribution is -2.32. The van der Waals surface area contributed by atoms with Crippen LogP contribution in [-0.4, -0.2) is 70.7 Å². The van der Waals surface area contributed by atoms with Gasteiger partial charge in [0.1, 0.15) is 5.65 Å². The Morgan fingerprint density at radius 2 is 1.89 bits per heavy atom. The first-order valence-corrected chi connectivity index (χ1v) is 12.5. The molecule has 1 amide bonds. The van der Waals surface area contributed by atoms with Gasteiger partial charge in [-0.25, -0.2) is 13.8 Å². The number of likely N-dealkylation sites (tertiary alicyclic amines) is 1. The number of aromatic amines is 1. The monoisotopic (exact) mass is 495 g/mol. The molecule has 0 bridgehead atoms. The van der Waals surface area contributed by atoms with Crippen LogP contribution >= 0.6 is 0 Å². The average molecular weight is 496 g/mol. The molecule has 1 aliphatic heterocycles. The summed E-state index contributed by atoms with van der Waals surface area (Å²) in [5, 5.41) is 0.924. The van der Waals surface area contributed by atoms with Crippen LogP contribution in [0.25, 0.3) is 27.8 Å². The van der Waals surface area contributed by atoms with Gasteiger partial charge in [-0.1, -0.05) is 13.0 Å². The highest BCUT2D eigenvalue weighted by Crippen LogP contribution is 2.36. The molecule has 1 fully saturated rings. The molecule has 192 valence electrons. The number of pyridine rings is 1. The van der Waals surface area contributed by atoms with Gasteiger partial charge in [-0.2, -0.15) is 0 Å². The van der Waals surface area contributed by atoms with Gasteiger partial charge in [0.25, 0.3) is 0 Å². The van der Waals surface area contributed by atoms with E-state index < -0.39 is 6.43 Å². The first-order chi connectivity index (χ1) is 17.3. The maximum atomic E-state index is 13.6. The highest BCUT2D eigenvalue weighted by molar-refractivity contribution is 5.91. The summed E-state index contributed by atoms with van der Waals surface area (Å²) in [6.07, 6.45) is 4.27. The Bertz CT molecular complexity index is 1320. The summed E-state index contributed by atoms with van der Waals surface area (Å²) in [4.78, 5) is 21.2. The Morgan fingerprint density at radius 3 is 2.53 bits per heavy atom. The molecule has 0 spiro atoms. The minimum absolute atomic E-state index is 0.256. The molecule has 0 saturated carbocycles. The summed E-state index contributed by atoms with van der Waals surface area (Å²) in [7, 11) is 3.38. The first-order valence-electron chi connectivity index (χ1n) is 12.5. The Hall–Kier alpha value is -3.26. The van der Waals surface area contributed by atoms with Gasteiger partial charge >= 0.3 is 0 Å². The molecule has 1 aliphatic rings. The number of aryl methyl sites for hydroxylation is 1. The zero-order valence-electron chi connectivity index (χ0n) is 21.5. The van der Waals surface area contributed by atoms with Crippen molar-refractivity contribution in [3.8, 4) is 11.3 Å². The lowest BCUT2D eigenvalue weighted by Gasteiger charge is -2.31. The number of hydrogen-bond acceptors (Lipinski definition) is 3. The largest absolute Gasteiger partial charge is 0.354 e. The second-order valence-electron chi connectivity index (χ2n) is 9.72. The lowest BCUT2D eigenvalue weighted by atomic mass is 9.88. The Morgan fingerprint density at radius 1 is 1.17 bits per heavy atom. The third-order valence-corrected chi connectivity index (χ3v) is 6.87. The molecular weight excluding hydrogens is 460 g/mol. The maximum absolute atomic E-state index is 13.6. The number of nitrogens with zero attached hydrogens (tertiary/aromatic N) is 4. The molecule has 36 heavy (non-hydrogen) atoms. The standard InChI is InChI=1S/C25H28F2N4.C3H7NO/c1-3-30-10-8-17(9-11-30)18-4-6-22-20(12-18)21(13-23(26)27)25(29-22)19-5-7-24-28-16(2)14-31(24)15-19;1-4(2)3-5/h4-7,12,14-15,17,23,29H,3,8-11,13H2,1-2H3;3H,1-2H3. The third kappa shape index (κ3) is 5.75. The Kier molecular flexibility index (Phi) is 8.04. The van der Waals surface area contributed by atoms with Crippen molar-refractivity contribution in [2.24, 2.45) is 0 Å². The fourth-order valence-corrected chi connectivity index (χ4v) is 4.98. The second-order valence-corrected chi connectivity index (χ2v) is 9.72. The van der Waals surface area contributed by atoms with E-state index in [0.29, 0.717) is 11.5 Å². The van der Waals surface area contributed by atoms with Gasteiger partial charge in [-0.3, -0.25) is 4.79 Å². The molecule has 1 aromatic carbocycles. The molecule has 0 radical (unpaired) electrons. The molecule has 1 N–H and O–H groups in total. The van der Waals surface area contributed by atoms with Crippen LogP contribution in [0.5, 0.6) is 0 Å². The maximum Gasteiger partial charge on any atom is 0.242 e. The molecule has 3 aromatic heterocycles. The van der Waals surface area contributed by atoms with Crippen molar-refractivity contribution in [1.82, 2.24) is 24.2 Å². The number of alkyl halides is 2. The minimum Gasteiger partial charge on any atom is -0.354 e. The van der Waals surface area contributed by atoms with Crippen LogP contribution in [-0.2, 0) is 11.2 Å². The number of amides is 1. The van der Waals surface area contributed by atoms with E-state index in [4.69, 9.17) is 0 Å². The van der Waals surface area contributed by atoms with Crippen molar-refractivity contribution in [2.45, 2.75) is 45.5 Å². The third-order valence-electron chi connectivity index (χ3n) is 6.87. The van der Waals surface area contributed by atoms with Crippen LogP contribution in [0.3, 0.4) is 0 Å². The first kappa shape index (κ1) is 25.8. The van der Waals surface area contributed by atoms with Crippen molar-refractivity contribution in [1.29, 1.82) is 0 Å². The number of nitrogens with one attached hydrogen (secondary N) is 1. The predicted octanol–water partition coefficient (Wildman–Crippen LogP) is 5.50. The van der Waals surface area contributed by atoms with Crippen molar-refractivity contribution in [3.63, 3.8) is 0 Å². The Labute approximate surface area is 210 Å². The molecule has 5 rings (SSSR count). The van der Waals surface area contributed by atoms with E-state index in [0.717, 1.165) is 72.4 Å². The van der Waals surface area contributed by atoms with Crippen molar-refractivity contribution >= 4 is 23.0 Å². The summed E-state index contributed by atoms with van der Waals surface area (Å²) >= 11 is 0. The molecule has 0 atom stereocenters. The van der Waals surface area contributed by atoms with Gasteiger partial charge in [0.05, 0.1) is 11.4 Å². The van der Waals surface area contributed by atoms with Crippen LogP contribution in [0.2, 0.25) is 0 Å². The van der Waals surface area contributed by atoms with Crippen LogP contribution in [0, 0.1) is 6.92 Å². The summed E-state index contributed by atoms with van der Waals surface area (Å²) in [6, 6.07) is 10.3. The van der Waals surface area contributed by atoms with Gasteiger partial charge in [-0.05, 0) is 80.7 Å². The normalized spacial score (nSPS) is 14.9. The molecule has 0 unspecified atom stereocenters. The number of H-pyrrole nitrogens is 1. The van der Waals surface area contributed by atoms with Gasteiger partial charge < -0.3 is 19.2 Å². The molecule has 4 heterocycles. The summed E-state index contributed by atoms with van der Waals surface area (Å²) < 4.78 is 29.1. The molecule has 4 aromatic rings. The molecular formula is C28H35F2N5O. The number of benzene rings is 1. The predicted molar refractivity (Wildman–Crippen MR) is 141 cm³/mol. The van der Waals surface area contributed by atoms with E-state index in [1.54, 1.807) is 14.1 Å². The van der Waals surface area contributed by atoms with Gasteiger partial charge in [-0.15, -0.1) is 0 Å². The summed E-state index contributed by atoms with van der Waals surface area (Å²) in [5.41, 5.74) is 6.35. The number of aromatic nitrogens is 3. The fourth-order valence-electron chi connectivity index (χ4n) is 4.98. The molecule has 1 saturated heterocycles. The Balaban J connectivity index is 0.000000556. The highest BCUT2D eigenvalue weighted by Gasteiger charge is 2.22.